The summed E-state index contributed by atoms with van der Waals surface area (Å²) in [6.45, 7) is 16.8. The Morgan fingerprint density at radius 3 is 2.20 bits per heavy atom. The Morgan fingerprint density at radius 1 is 0.691 bits per heavy atom. The number of benzene rings is 5. The molecule has 8 aromatic rings. The van der Waals surface area contributed by atoms with Crippen LogP contribution in [0.4, 0.5) is 5.69 Å². The number of hydrogen-bond donors (Lipinski definition) is 0. The van der Waals surface area contributed by atoms with Gasteiger partial charge in [0.1, 0.15) is 0 Å². The molecule has 3 heterocycles. The van der Waals surface area contributed by atoms with E-state index in [9.17, 15) is 0 Å². The standard InChI is InChI=1S/C51H40N2S2/c1-6-9-13-29-48-42(31-35(4)52(5)37-21-14-11-15-22-37)43(47(54-48)28-10-7-2)32-36(8-3)39-26-20-30-49-51(39)44-33-46-41(34-50(44)55-49)40-25-18-19-27-45(40)53(46)38-23-16-12-17-24-38/h6-34H,1-4H2,5H3/b13-9-,28-10-,36-32+,42-31-,48-29+. The number of allylic oxidation sites excluding steroid dienone is 8. The Balaban J connectivity index is 1.39. The van der Waals surface area contributed by atoms with Crippen LogP contribution >= 0.6 is 22.7 Å². The van der Waals surface area contributed by atoms with Gasteiger partial charge < -0.3 is 9.47 Å². The molecular weight excluding hydrogens is 705 g/mol. The zero-order valence-corrected chi connectivity index (χ0v) is 32.4. The topological polar surface area (TPSA) is 8.17 Å². The van der Waals surface area contributed by atoms with E-state index < -0.39 is 0 Å². The van der Waals surface area contributed by atoms with Crippen molar-refractivity contribution in [2.45, 2.75) is 0 Å². The molecule has 8 rings (SSSR count). The highest BCUT2D eigenvalue weighted by atomic mass is 32.1. The Bertz CT molecular complexity index is 3000. The molecule has 3 aromatic heterocycles. The summed E-state index contributed by atoms with van der Waals surface area (Å²) in [5.41, 5.74) is 8.79. The van der Waals surface area contributed by atoms with Crippen LogP contribution in [0.25, 0.3) is 77.5 Å². The van der Waals surface area contributed by atoms with E-state index in [-0.39, 0.29) is 0 Å². The van der Waals surface area contributed by atoms with E-state index >= 15 is 0 Å². The fourth-order valence-corrected chi connectivity index (χ4v) is 9.52. The molecule has 0 spiro atoms. The third kappa shape index (κ3) is 6.67. The predicted octanol–water partition coefficient (Wildman–Crippen LogP) is 13.1. The van der Waals surface area contributed by atoms with Crippen molar-refractivity contribution in [1.29, 1.82) is 0 Å². The smallest absolute Gasteiger partial charge is 0.0548 e. The predicted molar refractivity (Wildman–Crippen MR) is 247 cm³/mol. The second-order valence-electron chi connectivity index (χ2n) is 13.2. The van der Waals surface area contributed by atoms with E-state index in [1.165, 1.54) is 42.0 Å². The molecule has 0 unspecified atom stereocenters. The van der Waals surface area contributed by atoms with Crippen molar-refractivity contribution in [3.05, 3.63) is 209 Å². The number of aromatic nitrogens is 1. The second-order valence-corrected chi connectivity index (χ2v) is 15.4. The molecular formula is C51H40N2S2. The van der Waals surface area contributed by atoms with Gasteiger partial charge in [-0.2, -0.15) is 0 Å². The molecule has 0 amide bonds. The first kappa shape index (κ1) is 35.6. The Morgan fingerprint density at radius 2 is 1.44 bits per heavy atom. The van der Waals surface area contributed by atoms with Gasteiger partial charge in [0, 0.05) is 75.3 Å². The Labute approximate surface area is 330 Å². The summed E-state index contributed by atoms with van der Waals surface area (Å²) in [7, 11) is 2.06. The van der Waals surface area contributed by atoms with Crippen LogP contribution in [0.5, 0.6) is 0 Å². The Hall–Kier alpha value is -6.46. The van der Waals surface area contributed by atoms with Crippen LogP contribution in [0, 0.1) is 0 Å². The number of rotatable bonds is 11. The third-order valence-electron chi connectivity index (χ3n) is 9.94. The van der Waals surface area contributed by atoms with Crippen LogP contribution in [0.2, 0.25) is 0 Å². The van der Waals surface area contributed by atoms with E-state index in [1.54, 1.807) is 17.4 Å². The van der Waals surface area contributed by atoms with Crippen molar-refractivity contribution in [2.24, 2.45) is 0 Å². The van der Waals surface area contributed by atoms with Crippen LogP contribution in [0.15, 0.2) is 184 Å². The molecule has 0 N–H and O–H groups in total. The molecule has 0 radical (unpaired) electrons. The lowest BCUT2D eigenvalue weighted by Gasteiger charge is -2.19. The molecule has 0 fully saturated rings. The lowest BCUT2D eigenvalue weighted by Crippen LogP contribution is -2.24. The minimum Gasteiger partial charge on any atom is -0.345 e. The molecule has 0 aliphatic carbocycles. The first-order chi connectivity index (χ1) is 27.0. The molecule has 55 heavy (non-hydrogen) atoms. The van der Waals surface area contributed by atoms with Crippen LogP contribution in [0.3, 0.4) is 0 Å². The van der Waals surface area contributed by atoms with Gasteiger partial charge in [-0.3, -0.25) is 0 Å². The highest BCUT2D eigenvalue weighted by molar-refractivity contribution is 7.26. The van der Waals surface area contributed by atoms with Gasteiger partial charge in [0.25, 0.3) is 0 Å². The lowest BCUT2D eigenvalue weighted by atomic mass is 9.96. The molecule has 266 valence electrons. The molecule has 0 bridgehead atoms. The lowest BCUT2D eigenvalue weighted by molar-refractivity contribution is 1.16. The SMILES string of the molecule is C=C\C=C/C=c1/sc(/C=C\C=C)c(/C=C(\C=C)c2cccc3sc4cc5c6ccccc6n(-c6ccccc6)c5cc4c23)/c1=C/C(=C)N(C)c1ccccc1. The van der Waals surface area contributed by atoms with Crippen molar-refractivity contribution in [3.8, 4) is 5.69 Å². The summed E-state index contributed by atoms with van der Waals surface area (Å²) in [4.78, 5) is 3.24. The van der Waals surface area contributed by atoms with E-state index in [4.69, 9.17) is 0 Å². The molecule has 0 saturated carbocycles. The van der Waals surface area contributed by atoms with Gasteiger partial charge in [-0.1, -0.05) is 130 Å². The second kappa shape index (κ2) is 15.5. The van der Waals surface area contributed by atoms with Crippen molar-refractivity contribution in [1.82, 2.24) is 4.57 Å². The summed E-state index contributed by atoms with van der Waals surface area (Å²) in [6, 6.07) is 41.1. The highest BCUT2D eigenvalue weighted by Crippen LogP contribution is 2.43. The van der Waals surface area contributed by atoms with Crippen LogP contribution < -0.4 is 14.7 Å². The molecule has 0 saturated heterocycles. The van der Waals surface area contributed by atoms with Gasteiger partial charge in [-0.25, -0.2) is 0 Å². The minimum absolute atomic E-state index is 0.879. The van der Waals surface area contributed by atoms with E-state index in [0.717, 1.165) is 48.4 Å². The first-order valence-corrected chi connectivity index (χ1v) is 19.8. The zero-order chi connectivity index (χ0) is 37.9. The minimum atomic E-state index is 0.879. The van der Waals surface area contributed by atoms with Gasteiger partial charge in [-0.05, 0) is 84.0 Å². The van der Waals surface area contributed by atoms with E-state index in [2.05, 4.69) is 164 Å². The number of thiophene rings is 2. The molecule has 4 heteroatoms. The van der Waals surface area contributed by atoms with Gasteiger partial charge in [-0.15, -0.1) is 22.7 Å². The largest absolute Gasteiger partial charge is 0.345 e. The fourth-order valence-electron chi connectivity index (χ4n) is 7.28. The van der Waals surface area contributed by atoms with Crippen LogP contribution in [0.1, 0.15) is 16.0 Å². The number of hydrogen-bond acceptors (Lipinski definition) is 3. The summed E-state index contributed by atoms with van der Waals surface area (Å²) >= 11 is 3.58. The first-order valence-electron chi connectivity index (χ1n) is 18.2. The molecule has 5 aromatic carbocycles. The van der Waals surface area contributed by atoms with Crippen molar-refractivity contribution in [2.75, 3.05) is 11.9 Å². The number of para-hydroxylation sites is 3. The molecule has 0 atom stereocenters. The highest BCUT2D eigenvalue weighted by Gasteiger charge is 2.18. The third-order valence-corrected chi connectivity index (χ3v) is 12.2. The average molecular weight is 745 g/mol. The maximum absolute atomic E-state index is 4.52. The number of nitrogens with zero attached hydrogens (tertiary/aromatic N) is 2. The van der Waals surface area contributed by atoms with Crippen LogP contribution in [-0.4, -0.2) is 11.6 Å². The maximum atomic E-state index is 4.52. The van der Waals surface area contributed by atoms with Crippen molar-refractivity contribution in [3.63, 3.8) is 0 Å². The number of anilines is 1. The van der Waals surface area contributed by atoms with Crippen LogP contribution in [-0.2, 0) is 0 Å². The van der Waals surface area contributed by atoms with Crippen molar-refractivity contribution >= 4 is 100 Å². The van der Waals surface area contributed by atoms with Crippen molar-refractivity contribution < 1.29 is 0 Å². The monoisotopic (exact) mass is 744 g/mol. The Kier molecular flexibility index (Phi) is 10.0. The van der Waals surface area contributed by atoms with E-state index in [1.807, 2.05) is 59.9 Å². The summed E-state index contributed by atoms with van der Waals surface area (Å²) in [5, 5.41) is 6.07. The fraction of sp³-hybridized carbons (Fsp3) is 0.0196. The van der Waals surface area contributed by atoms with E-state index in [0.29, 0.717) is 0 Å². The number of fused-ring (bicyclic) bond motifs is 6. The molecule has 0 aliphatic heterocycles. The summed E-state index contributed by atoms with van der Waals surface area (Å²) in [5.74, 6) is 0. The van der Waals surface area contributed by atoms with Gasteiger partial charge in [0.2, 0.25) is 0 Å². The molecule has 0 aliphatic rings. The zero-order valence-electron chi connectivity index (χ0n) is 30.8. The average Bonchev–Trinajstić information content (AvgIpc) is 3.87. The van der Waals surface area contributed by atoms with Gasteiger partial charge >= 0.3 is 0 Å². The normalized spacial score (nSPS) is 12.9. The summed E-state index contributed by atoms with van der Waals surface area (Å²) < 4.78 is 6.02. The van der Waals surface area contributed by atoms with Gasteiger partial charge in [0.05, 0.1) is 11.0 Å². The summed E-state index contributed by atoms with van der Waals surface area (Å²) in [6.07, 6.45) is 20.4. The molecule has 2 nitrogen and oxygen atoms in total. The quantitative estimate of drug-likeness (QED) is 0.120. The van der Waals surface area contributed by atoms with Gasteiger partial charge in [0.15, 0.2) is 0 Å². The maximum Gasteiger partial charge on any atom is 0.0548 e.